The average Bonchev–Trinajstić information content (AvgIpc) is 3.28. The van der Waals surface area contributed by atoms with Gasteiger partial charge in [0.05, 0.1) is 35.0 Å². The number of fused-ring (bicyclic) bond motifs is 1. The summed E-state index contributed by atoms with van der Waals surface area (Å²) in [5.74, 6) is -1.78. The number of rotatable bonds is 3. The Morgan fingerprint density at radius 1 is 1.12 bits per heavy atom. The Balaban J connectivity index is 1.55. The van der Waals surface area contributed by atoms with E-state index in [4.69, 9.17) is 0 Å². The summed E-state index contributed by atoms with van der Waals surface area (Å²) in [5, 5.41) is 10.3. The molecule has 4 aromatic rings. The van der Waals surface area contributed by atoms with E-state index in [0.29, 0.717) is 22.2 Å². The summed E-state index contributed by atoms with van der Waals surface area (Å²) < 4.78 is 29.9. The Bertz CT molecular complexity index is 1550. The van der Waals surface area contributed by atoms with Gasteiger partial charge in [0.1, 0.15) is 29.0 Å². The van der Waals surface area contributed by atoms with Crippen LogP contribution in [0.15, 0.2) is 36.5 Å². The molecule has 2 aliphatic rings. The third kappa shape index (κ3) is 2.69. The van der Waals surface area contributed by atoms with E-state index >= 15 is 0 Å². The van der Waals surface area contributed by atoms with Crippen molar-refractivity contribution < 1.29 is 18.4 Å². The molecular formula is C23H17F2N7O2. The number of aromatic nitrogens is 5. The topological polar surface area (TPSA) is 115 Å². The third-order valence-corrected chi connectivity index (χ3v) is 6.68. The number of halogens is 2. The second-order valence-electron chi connectivity index (χ2n) is 8.61. The molecule has 0 spiro atoms. The lowest BCUT2D eigenvalue weighted by Gasteiger charge is -2.33. The first-order valence-corrected chi connectivity index (χ1v) is 10.6. The van der Waals surface area contributed by atoms with Gasteiger partial charge < -0.3 is 10.6 Å². The fourth-order valence-electron chi connectivity index (χ4n) is 4.59. The molecule has 2 amide bonds. The second kappa shape index (κ2) is 6.86. The smallest absolute Gasteiger partial charge is 0.237 e. The summed E-state index contributed by atoms with van der Waals surface area (Å²) in [7, 11) is 0. The van der Waals surface area contributed by atoms with Gasteiger partial charge in [0.15, 0.2) is 11.5 Å². The molecule has 6 rings (SSSR count). The maximum absolute atomic E-state index is 14.3. The number of hydrogen-bond acceptors (Lipinski definition) is 6. The highest BCUT2D eigenvalue weighted by Crippen LogP contribution is 2.49. The molecule has 34 heavy (non-hydrogen) atoms. The number of nitrogens with zero attached hydrogens (tertiary/aromatic N) is 5. The highest BCUT2D eigenvalue weighted by Gasteiger charge is 2.55. The highest BCUT2D eigenvalue weighted by molar-refractivity contribution is 6.14. The van der Waals surface area contributed by atoms with Crippen LogP contribution in [0, 0.1) is 17.6 Å². The van der Waals surface area contributed by atoms with Crippen LogP contribution in [-0.4, -0.2) is 36.5 Å². The van der Waals surface area contributed by atoms with Crippen molar-refractivity contribution in [1.29, 1.82) is 0 Å². The molecule has 2 N–H and O–H groups in total. The van der Waals surface area contributed by atoms with E-state index in [1.165, 1.54) is 16.8 Å². The predicted molar refractivity (Wildman–Crippen MR) is 118 cm³/mol. The van der Waals surface area contributed by atoms with Gasteiger partial charge in [0.2, 0.25) is 11.8 Å². The van der Waals surface area contributed by atoms with Gasteiger partial charge >= 0.3 is 0 Å². The maximum atomic E-state index is 14.3. The lowest BCUT2D eigenvalue weighted by atomic mass is 9.71. The summed E-state index contributed by atoms with van der Waals surface area (Å²) in [5.41, 5.74) is 0.273. The van der Waals surface area contributed by atoms with Crippen LogP contribution in [0.1, 0.15) is 25.0 Å². The Morgan fingerprint density at radius 2 is 1.85 bits per heavy atom. The van der Waals surface area contributed by atoms with Crippen LogP contribution in [0.25, 0.3) is 22.6 Å². The first kappa shape index (κ1) is 20.3. The van der Waals surface area contributed by atoms with Gasteiger partial charge in [-0.15, -0.1) is 0 Å². The van der Waals surface area contributed by atoms with E-state index in [-0.39, 0.29) is 41.5 Å². The molecular weight excluding hydrogens is 444 g/mol. The standard InChI is InChI=1S/C23H17F2N7O2/c1-10-21(33)29-17-15-18(30-22(34)23(10,15)2)28-19(27-17)16-13-7-12(24)8-26-20(13)32(31-16)9-11-5-3-4-6-14(11)25/h3-8,10H,9H2,1-2H3,(H2,27,28,29,30,33,34)/t10-,23-/m1/s1. The van der Waals surface area contributed by atoms with Gasteiger partial charge in [0.25, 0.3) is 0 Å². The van der Waals surface area contributed by atoms with Crippen molar-refractivity contribution in [2.75, 3.05) is 10.6 Å². The first-order valence-electron chi connectivity index (χ1n) is 10.6. The highest BCUT2D eigenvalue weighted by atomic mass is 19.1. The van der Waals surface area contributed by atoms with Gasteiger partial charge in [0, 0.05) is 5.56 Å². The van der Waals surface area contributed by atoms with Crippen molar-refractivity contribution in [3.8, 4) is 11.5 Å². The van der Waals surface area contributed by atoms with Crippen LogP contribution >= 0.6 is 0 Å². The molecule has 2 aliphatic heterocycles. The summed E-state index contributed by atoms with van der Waals surface area (Å²) in [4.78, 5) is 38.5. The summed E-state index contributed by atoms with van der Waals surface area (Å²) in [6.07, 6.45) is 1.05. The van der Waals surface area contributed by atoms with Gasteiger partial charge in [-0.3, -0.25) is 9.59 Å². The molecule has 11 heteroatoms. The van der Waals surface area contributed by atoms with Crippen LogP contribution in [0.4, 0.5) is 20.4 Å². The molecule has 0 fully saturated rings. The Labute approximate surface area is 191 Å². The zero-order chi connectivity index (χ0) is 23.8. The van der Waals surface area contributed by atoms with Crippen LogP contribution < -0.4 is 10.6 Å². The molecule has 170 valence electrons. The molecule has 0 radical (unpaired) electrons. The van der Waals surface area contributed by atoms with Crippen molar-refractivity contribution in [3.63, 3.8) is 0 Å². The predicted octanol–water partition coefficient (Wildman–Crippen LogP) is 3.01. The van der Waals surface area contributed by atoms with Gasteiger partial charge in [-0.05, 0) is 19.1 Å². The van der Waals surface area contributed by atoms with Gasteiger partial charge in [-0.25, -0.2) is 28.4 Å². The zero-order valence-electron chi connectivity index (χ0n) is 18.1. The van der Waals surface area contributed by atoms with E-state index in [1.54, 1.807) is 32.0 Å². The van der Waals surface area contributed by atoms with Crippen LogP contribution in [0.2, 0.25) is 0 Å². The van der Waals surface area contributed by atoms with E-state index < -0.39 is 23.0 Å². The molecule has 5 heterocycles. The first-order chi connectivity index (χ1) is 16.3. The van der Waals surface area contributed by atoms with Crippen molar-refractivity contribution in [3.05, 3.63) is 59.3 Å². The van der Waals surface area contributed by atoms with E-state index in [0.717, 1.165) is 6.20 Å². The largest absolute Gasteiger partial charge is 0.310 e. The molecule has 2 atom stereocenters. The Kier molecular flexibility index (Phi) is 4.10. The lowest BCUT2D eigenvalue weighted by molar-refractivity contribution is -0.129. The zero-order valence-corrected chi connectivity index (χ0v) is 18.1. The number of anilines is 2. The molecule has 0 aliphatic carbocycles. The minimum atomic E-state index is -1.11. The van der Waals surface area contributed by atoms with Crippen molar-refractivity contribution >= 4 is 34.5 Å². The Morgan fingerprint density at radius 3 is 2.62 bits per heavy atom. The van der Waals surface area contributed by atoms with E-state index in [2.05, 4.69) is 30.7 Å². The lowest BCUT2D eigenvalue weighted by Crippen LogP contribution is -2.47. The third-order valence-electron chi connectivity index (χ3n) is 6.68. The fourth-order valence-corrected chi connectivity index (χ4v) is 4.59. The minimum Gasteiger partial charge on any atom is -0.310 e. The quantitative estimate of drug-likeness (QED) is 0.485. The van der Waals surface area contributed by atoms with Gasteiger partial charge in [-0.2, -0.15) is 5.10 Å². The van der Waals surface area contributed by atoms with Crippen LogP contribution in [-0.2, 0) is 21.5 Å². The number of nitrogens with one attached hydrogen (secondary N) is 2. The SMILES string of the molecule is C[C@@H]1C(=O)Nc2nc(-c3nn(Cc4ccccc4F)c4ncc(F)cc34)nc3c2[C@]1(C)C(=O)N3. The number of pyridine rings is 1. The molecule has 0 unspecified atom stereocenters. The Hall–Kier alpha value is -4.28. The monoisotopic (exact) mass is 461 g/mol. The molecule has 0 saturated heterocycles. The molecule has 9 nitrogen and oxygen atoms in total. The molecule has 3 aromatic heterocycles. The summed E-state index contributed by atoms with van der Waals surface area (Å²) in [6, 6.07) is 7.49. The minimum absolute atomic E-state index is 0.0443. The second-order valence-corrected chi connectivity index (χ2v) is 8.61. The van der Waals surface area contributed by atoms with Gasteiger partial charge in [-0.1, -0.05) is 25.1 Å². The average molecular weight is 461 g/mol. The molecule has 0 saturated carbocycles. The van der Waals surface area contributed by atoms with Crippen LogP contribution in [0.5, 0.6) is 0 Å². The number of carbonyl (C=O) groups is 2. The van der Waals surface area contributed by atoms with Crippen LogP contribution in [0.3, 0.4) is 0 Å². The van der Waals surface area contributed by atoms with Crippen molar-refractivity contribution in [2.45, 2.75) is 25.8 Å². The number of carbonyl (C=O) groups excluding carboxylic acids is 2. The van der Waals surface area contributed by atoms with E-state index in [1.807, 2.05) is 0 Å². The van der Waals surface area contributed by atoms with Crippen molar-refractivity contribution in [2.24, 2.45) is 5.92 Å². The summed E-state index contributed by atoms with van der Waals surface area (Å²) >= 11 is 0. The normalized spacial score (nSPS) is 20.9. The fraction of sp³-hybridized carbons (Fsp3) is 0.217. The number of hydrogen-bond donors (Lipinski definition) is 2. The van der Waals surface area contributed by atoms with E-state index in [9.17, 15) is 18.4 Å². The number of benzene rings is 1. The molecule has 0 bridgehead atoms. The summed E-state index contributed by atoms with van der Waals surface area (Å²) in [6.45, 7) is 3.40. The number of amides is 2. The molecule has 1 aromatic carbocycles. The maximum Gasteiger partial charge on any atom is 0.237 e. The van der Waals surface area contributed by atoms with Crippen molar-refractivity contribution in [1.82, 2.24) is 24.7 Å².